The molecule has 6 heterocycles. The topological polar surface area (TPSA) is 146 Å². The van der Waals surface area contributed by atoms with E-state index in [1.54, 1.807) is 36.0 Å². The van der Waals surface area contributed by atoms with Crippen LogP contribution < -0.4 is 5.32 Å². The quantitative estimate of drug-likeness (QED) is 0.321. The summed E-state index contributed by atoms with van der Waals surface area (Å²) in [5.74, 6) is 0.464. The molecule has 0 fully saturated rings. The number of rotatable bonds is 6. The smallest absolute Gasteiger partial charge is 0.238 e. The number of H-pyrrole nitrogens is 2. The Morgan fingerprint density at radius 1 is 1.14 bits per heavy atom. The molecule has 0 atom stereocenters. The van der Waals surface area contributed by atoms with Crippen molar-refractivity contribution in [2.75, 3.05) is 26.0 Å². The van der Waals surface area contributed by atoms with Crippen molar-refractivity contribution in [3.63, 3.8) is 0 Å². The molecule has 3 N–H and O–H groups in total. The van der Waals surface area contributed by atoms with Crippen molar-refractivity contribution in [3.8, 4) is 28.5 Å². The molecule has 0 aromatic carbocycles. The molecule has 1 amide bonds. The Bertz CT molecular complexity index is 1760. The van der Waals surface area contributed by atoms with E-state index < -0.39 is 0 Å². The lowest BCUT2D eigenvalue weighted by atomic mass is 10.1. The van der Waals surface area contributed by atoms with E-state index in [0.29, 0.717) is 28.5 Å². The number of aromatic nitrogens is 9. The molecule has 6 aromatic heterocycles. The molecule has 184 valence electrons. The Labute approximate surface area is 210 Å². The summed E-state index contributed by atoms with van der Waals surface area (Å²) in [6.45, 7) is 2.22. The second-order valence-electron chi connectivity index (χ2n) is 8.97. The zero-order valence-electron chi connectivity index (χ0n) is 20.4. The molecule has 0 unspecified atom stereocenters. The maximum Gasteiger partial charge on any atom is 0.238 e. The van der Waals surface area contributed by atoms with Crippen LogP contribution in [0.15, 0.2) is 55.5 Å². The summed E-state index contributed by atoms with van der Waals surface area (Å²) < 4.78 is 1.93. The Morgan fingerprint density at radius 3 is 2.84 bits per heavy atom. The lowest BCUT2D eigenvalue weighted by molar-refractivity contribution is -0.116. The van der Waals surface area contributed by atoms with E-state index >= 15 is 0 Å². The Balaban J connectivity index is 1.38. The van der Waals surface area contributed by atoms with Gasteiger partial charge in [0.25, 0.3) is 0 Å². The Kier molecular flexibility index (Phi) is 5.42. The van der Waals surface area contributed by atoms with Crippen LogP contribution in [0.2, 0.25) is 0 Å². The van der Waals surface area contributed by atoms with Crippen molar-refractivity contribution in [2.24, 2.45) is 0 Å². The third-order valence-electron chi connectivity index (χ3n) is 5.81. The predicted octanol–water partition coefficient (Wildman–Crippen LogP) is 2.95. The minimum atomic E-state index is -0.117. The SMILES string of the molecule is Cc1cn(-c2ccnc3nc(-c4n[nH]c5cnc(-c6cncc(NC(=O)CN(C)C)c6)cc45)[nH]c23)cn1. The van der Waals surface area contributed by atoms with E-state index in [9.17, 15) is 4.79 Å². The van der Waals surface area contributed by atoms with Crippen molar-refractivity contribution in [2.45, 2.75) is 6.92 Å². The highest BCUT2D eigenvalue weighted by Gasteiger charge is 2.17. The van der Waals surface area contributed by atoms with E-state index in [4.69, 9.17) is 4.98 Å². The number of hydrogen-bond acceptors (Lipinski definition) is 8. The van der Waals surface area contributed by atoms with Gasteiger partial charge in [0.05, 0.1) is 53.5 Å². The maximum atomic E-state index is 12.2. The Morgan fingerprint density at radius 2 is 2.03 bits per heavy atom. The van der Waals surface area contributed by atoms with E-state index in [2.05, 4.69) is 40.4 Å². The number of carbonyl (C=O) groups is 1. The van der Waals surface area contributed by atoms with Crippen LogP contribution >= 0.6 is 0 Å². The maximum absolute atomic E-state index is 12.2. The first kappa shape index (κ1) is 22.5. The fraction of sp³-hybridized carbons (Fsp3) is 0.160. The zero-order chi connectivity index (χ0) is 25.5. The minimum absolute atomic E-state index is 0.117. The standard InChI is InChI=1S/C25H23N11O/c1-14-11-36(13-29-14)20-4-5-27-24-23(20)31-25(32-24)22-17-7-18(28-10-19(17)33-34-22)15-6-16(9-26-8-15)30-21(37)12-35(2)3/h4-11,13H,12H2,1-3H3,(H,30,37)(H,33,34)(H,27,31,32). The first-order valence-electron chi connectivity index (χ1n) is 11.5. The number of carbonyl (C=O) groups excluding carboxylic acids is 1. The van der Waals surface area contributed by atoms with Crippen molar-refractivity contribution in [1.82, 2.24) is 49.6 Å². The van der Waals surface area contributed by atoms with Crippen LogP contribution in [-0.4, -0.2) is 76.1 Å². The van der Waals surface area contributed by atoms with Crippen molar-refractivity contribution in [1.29, 1.82) is 0 Å². The summed E-state index contributed by atoms with van der Waals surface area (Å²) in [5, 5.41) is 11.2. The molecule has 0 aliphatic rings. The summed E-state index contributed by atoms with van der Waals surface area (Å²) in [5.41, 5.74) is 6.64. The third-order valence-corrected chi connectivity index (χ3v) is 5.81. The molecule has 0 saturated carbocycles. The molecule has 0 saturated heterocycles. The van der Waals surface area contributed by atoms with Gasteiger partial charge in [0.15, 0.2) is 11.5 Å². The monoisotopic (exact) mass is 493 g/mol. The van der Waals surface area contributed by atoms with E-state index in [1.807, 2.05) is 50.0 Å². The van der Waals surface area contributed by atoms with Crippen LogP contribution in [0.25, 0.3) is 50.5 Å². The average molecular weight is 494 g/mol. The number of anilines is 1. The van der Waals surface area contributed by atoms with Gasteiger partial charge in [0, 0.05) is 29.5 Å². The third kappa shape index (κ3) is 4.29. The predicted molar refractivity (Wildman–Crippen MR) is 139 cm³/mol. The van der Waals surface area contributed by atoms with Gasteiger partial charge >= 0.3 is 0 Å². The molecular weight excluding hydrogens is 470 g/mol. The number of imidazole rings is 2. The van der Waals surface area contributed by atoms with E-state index in [-0.39, 0.29) is 12.5 Å². The van der Waals surface area contributed by atoms with Crippen LogP contribution in [0.3, 0.4) is 0 Å². The molecule has 0 bridgehead atoms. The number of nitrogens with one attached hydrogen (secondary N) is 3. The normalized spacial score (nSPS) is 11.6. The largest absolute Gasteiger partial charge is 0.333 e. The highest BCUT2D eigenvalue weighted by atomic mass is 16.2. The minimum Gasteiger partial charge on any atom is -0.333 e. The molecule has 6 aromatic rings. The van der Waals surface area contributed by atoms with Crippen LogP contribution in [0.1, 0.15) is 5.69 Å². The van der Waals surface area contributed by atoms with E-state index in [1.165, 1.54) is 0 Å². The molecule has 0 aliphatic heterocycles. The fourth-order valence-electron chi connectivity index (χ4n) is 4.17. The number of hydrogen-bond donors (Lipinski definition) is 3. The van der Waals surface area contributed by atoms with Crippen molar-refractivity contribution < 1.29 is 4.79 Å². The summed E-state index contributed by atoms with van der Waals surface area (Å²) in [6.07, 6.45) is 10.5. The molecule has 0 radical (unpaired) electrons. The first-order chi connectivity index (χ1) is 17.9. The Hall–Kier alpha value is -4.97. The second-order valence-corrected chi connectivity index (χ2v) is 8.97. The number of likely N-dealkylation sites (N-methyl/N-ethyl adjacent to an activating group) is 1. The van der Waals surface area contributed by atoms with Gasteiger partial charge in [-0.1, -0.05) is 0 Å². The number of pyridine rings is 3. The van der Waals surface area contributed by atoms with Gasteiger partial charge in [-0.3, -0.25) is 19.9 Å². The van der Waals surface area contributed by atoms with Gasteiger partial charge in [-0.25, -0.2) is 15.0 Å². The average Bonchev–Trinajstić information content (AvgIpc) is 3.60. The lowest BCUT2D eigenvalue weighted by Crippen LogP contribution is -2.27. The summed E-state index contributed by atoms with van der Waals surface area (Å²) in [7, 11) is 3.68. The van der Waals surface area contributed by atoms with Crippen LogP contribution in [-0.2, 0) is 4.79 Å². The second kappa shape index (κ2) is 8.91. The molecule has 12 nitrogen and oxygen atoms in total. The van der Waals surface area contributed by atoms with Gasteiger partial charge in [-0.15, -0.1) is 0 Å². The summed E-state index contributed by atoms with van der Waals surface area (Å²) >= 11 is 0. The van der Waals surface area contributed by atoms with Crippen molar-refractivity contribution in [3.05, 3.63) is 61.2 Å². The number of fused-ring (bicyclic) bond motifs is 2. The van der Waals surface area contributed by atoms with Crippen LogP contribution in [0.4, 0.5) is 5.69 Å². The number of nitrogens with zero attached hydrogens (tertiary/aromatic N) is 8. The highest BCUT2D eigenvalue weighted by Crippen LogP contribution is 2.30. The van der Waals surface area contributed by atoms with Crippen LogP contribution in [0, 0.1) is 6.92 Å². The number of aromatic amines is 2. The number of aryl methyl sites for hydroxylation is 1. The molecular formula is C25H23N11O. The highest BCUT2D eigenvalue weighted by molar-refractivity contribution is 5.96. The van der Waals surface area contributed by atoms with Crippen molar-refractivity contribution >= 4 is 33.7 Å². The van der Waals surface area contributed by atoms with Crippen LogP contribution in [0.5, 0.6) is 0 Å². The summed E-state index contributed by atoms with van der Waals surface area (Å²) in [4.78, 5) is 39.7. The molecule has 0 spiro atoms. The van der Waals surface area contributed by atoms with Gasteiger partial charge in [0.2, 0.25) is 5.91 Å². The van der Waals surface area contributed by atoms with E-state index in [0.717, 1.165) is 33.4 Å². The van der Waals surface area contributed by atoms with Gasteiger partial charge < -0.3 is 19.8 Å². The zero-order valence-corrected chi connectivity index (χ0v) is 20.4. The number of amides is 1. The molecule has 12 heteroatoms. The molecule has 37 heavy (non-hydrogen) atoms. The van der Waals surface area contributed by atoms with Gasteiger partial charge in [0.1, 0.15) is 11.2 Å². The fourth-order valence-corrected chi connectivity index (χ4v) is 4.17. The molecule has 6 rings (SSSR count). The summed E-state index contributed by atoms with van der Waals surface area (Å²) in [6, 6.07) is 5.68. The van der Waals surface area contributed by atoms with Gasteiger partial charge in [-0.05, 0) is 39.2 Å². The molecule has 0 aliphatic carbocycles. The first-order valence-corrected chi connectivity index (χ1v) is 11.5. The van der Waals surface area contributed by atoms with Gasteiger partial charge in [-0.2, -0.15) is 5.10 Å². The lowest BCUT2D eigenvalue weighted by Gasteiger charge is -2.10.